The van der Waals surface area contributed by atoms with Crippen molar-refractivity contribution in [3.8, 4) is 0 Å². The summed E-state index contributed by atoms with van der Waals surface area (Å²) in [5, 5.41) is 8.91. The van der Waals surface area contributed by atoms with Crippen LogP contribution in [-0.2, 0) is 9.53 Å². The highest BCUT2D eigenvalue weighted by Gasteiger charge is 2.10. The van der Waals surface area contributed by atoms with Crippen molar-refractivity contribution in [2.24, 2.45) is 5.92 Å². The van der Waals surface area contributed by atoms with Crippen LogP contribution >= 0.6 is 0 Å². The molecule has 0 spiro atoms. The SMILES string of the molecule is CC(C)=CCCC(C)CCOC(=O)C(C)O. The summed E-state index contributed by atoms with van der Waals surface area (Å²) in [4.78, 5) is 10.9. The van der Waals surface area contributed by atoms with Gasteiger partial charge in [0, 0.05) is 0 Å². The van der Waals surface area contributed by atoms with Gasteiger partial charge in [-0.1, -0.05) is 18.6 Å². The standard InChI is InChI=1S/C13H24O3/c1-10(2)6-5-7-11(3)8-9-16-13(15)12(4)14/h6,11-12,14H,5,7-9H2,1-4H3. The van der Waals surface area contributed by atoms with Gasteiger partial charge in [0.05, 0.1) is 6.61 Å². The average Bonchev–Trinajstić information content (AvgIpc) is 2.16. The van der Waals surface area contributed by atoms with E-state index < -0.39 is 12.1 Å². The van der Waals surface area contributed by atoms with Crippen molar-refractivity contribution in [2.75, 3.05) is 6.61 Å². The fourth-order valence-electron chi connectivity index (χ4n) is 1.28. The molecule has 0 heterocycles. The number of allylic oxidation sites excluding steroid dienone is 2. The molecular weight excluding hydrogens is 204 g/mol. The minimum atomic E-state index is -1.01. The van der Waals surface area contributed by atoms with Crippen LogP contribution < -0.4 is 0 Å². The largest absolute Gasteiger partial charge is 0.464 e. The zero-order valence-electron chi connectivity index (χ0n) is 10.8. The highest BCUT2D eigenvalue weighted by molar-refractivity contribution is 5.73. The van der Waals surface area contributed by atoms with Gasteiger partial charge in [-0.2, -0.15) is 0 Å². The molecule has 0 aromatic heterocycles. The van der Waals surface area contributed by atoms with Gasteiger partial charge in [0.1, 0.15) is 6.10 Å². The van der Waals surface area contributed by atoms with Crippen molar-refractivity contribution in [1.82, 2.24) is 0 Å². The molecule has 2 unspecified atom stereocenters. The summed E-state index contributed by atoms with van der Waals surface area (Å²) in [6, 6.07) is 0. The van der Waals surface area contributed by atoms with Gasteiger partial charge < -0.3 is 9.84 Å². The molecular formula is C13H24O3. The highest BCUT2D eigenvalue weighted by Crippen LogP contribution is 2.11. The third-order valence-corrected chi connectivity index (χ3v) is 2.41. The van der Waals surface area contributed by atoms with E-state index in [4.69, 9.17) is 9.84 Å². The first-order valence-electron chi connectivity index (χ1n) is 5.91. The van der Waals surface area contributed by atoms with Gasteiger partial charge in [-0.05, 0) is 46.0 Å². The maximum atomic E-state index is 10.9. The second-order valence-corrected chi connectivity index (χ2v) is 4.60. The quantitative estimate of drug-likeness (QED) is 0.538. The molecule has 0 saturated heterocycles. The van der Waals surface area contributed by atoms with Crippen molar-refractivity contribution in [1.29, 1.82) is 0 Å². The summed E-state index contributed by atoms with van der Waals surface area (Å²) >= 11 is 0. The van der Waals surface area contributed by atoms with Crippen LogP contribution in [0.4, 0.5) is 0 Å². The molecule has 0 aromatic rings. The molecule has 94 valence electrons. The Kier molecular flexibility index (Phi) is 7.90. The normalized spacial score (nSPS) is 14.1. The van der Waals surface area contributed by atoms with E-state index >= 15 is 0 Å². The van der Waals surface area contributed by atoms with Crippen LogP contribution in [0.5, 0.6) is 0 Å². The van der Waals surface area contributed by atoms with Gasteiger partial charge in [0.15, 0.2) is 0 Å². The van der Waals surface area contributed by atoms with E-state index in [0.29, 0.717) is 12.5 Å². The third kappa shape index (κ3) is 8.48. The van der Waals surface area contributed by atoms with Crippen LogP contribution in [0, 0.1) is 5.92 Å². The number of carbonyl (C=O) groups is 1. The van der Waals surface area contributed by atoms with Gasteiger partial charge in [0.25, 0.3) is 0 Å². The number of hydrogen-bond acceptors (Lipinski definition) is 3. The Labute approximate surface area is 98.5 Å². The van der Waals surface area contributed by atoms with Crippen molar-refractivity contribution in [2.45, 2.75) is 53.1 Å². The van der Waals surface area contributed by atoms with E-state index in [-0.39, 0.29) is 0 Å². The average molecular weight is 228 g/mol. The molecule has 0 bridgehead atoms. The fourth-order valence-corrected chi connectivity index (χ4v) is 1.28. The number of aliphatic hydroxyl groups is 1. The molecule has 3 heteroatoms. The number of carbonyl (C=O) groups excluding carboxylic acids is 1. The van der Waals surface area contributed by atoms with Crippen LogP contribution in [0.3, 0.4) is 0 Å². The predicted molar refractivity (Wildman–Crippen MR) is 65.1 cm³/mol. The summed E-state index contributed by atoms with van der Waals surface area (Å²) in [6.07, 6.45) is 4.25. The molecule has 0 radical (unpaired) electrons. The van der Waals surface area contributed by atoms with E-state index in [9.17, 15) is 4.79 Å². The summed E-state index contributed by atoms with van der Waals surface area (Å²) in [5.41, 5.74) is 1.34. The van der Waals surface area contributed by atoms with Crippen LogP contribution in [0.1, 0.15) is 47.0 Å². The number of rotatable bonds is 7. The van der Waals surface area contributed by atoms with Crippen molar-refractivity contribution in [3.05, 3.63) is 11.6 Å². The summed E-state index contributed by atoms with van der Waals surface area (Å²) in [7, 11) is 0. The molecule has 0 aromatic carbocycles. The number of hydrogen-bond donors (Lipinski definition) is 1. The van der Waals surface area contributed by atoms with Gasteiger partial charge in [-0.15, -0.1) is 0 Å². The molecule has 0 aliphatic rings. The molecule has 3 nitrogen and oxygen atoms in total. The van der Waals surface area contributed by atoms with E-state index in [2.05, 4.69) is 26.8 Å². The molecule has 0 amide bonds. The number of ether oxygens (including phenoxy) is 1. The highest BCUT2D eigenvalue weighted by atomic mass is 16.5. The van der Waals surface area contributed by atoms with E-state index in [0.717, 1.165) is 19.3 Å². The molecule has 0 fully saturated rings. The molecule has 0 aliphatic heterocycles. The third-order valence-electron chi connectivity index (χ3n) is 2.41. The Morgan fingerprint density at radius 2 is 1.94 bits per heavy atom. The van der Waals surface area contributed by atoms with Gasteiger partial charge in [-0.25, -0.2) is 4.79 Å². The van der Waals surface area contributed by atoms with E-state index in [1.165, 1.54) is 12.5 Å². The van der Waals surface area contributed by atoms with Gasteiger partial charge in [0.2, 0.25) is 0 Å². The monoisotopic (exact) mass is 228 g/mol. The smallest absolute Gasteiger partial charge is 0.334 e. The van der Waals surface area contributed by atoms with Crippen molar-refractivity contribution >= 4 is 5.97 Å². The van der Waals surface area contributed by atoms with Gasteiger partial charge >= 0.3 is 5.97 Å². The first-order valence-corrected chi connectivity index (χ1v) is 5.91. The van der Waals surface area contributed by atoms with Crippen LogP contribution in [0.25, 0.3) is 0 Å². The van der Waals surface area contributed by atoms with Crippen LogP contribution in [0.2, 0.25) is 0 Å². The van der Waals surface area contributed by atoms with Crippen molar-refractivity contribution < 1.29 is 14.6 Å². The molecule has 0 saturated carbocycles. The van der Waals surface area contributed by atoms with E-state index in [1.54, 1.807) is 0 Å². The lowest BCUT2D eigenvalue weighted by atomic mass is 10.0. The first kappa shape index (κ1) is 15.2. The Balaban J connectivity index is 3.54. The first-order chi connectivity index (χ1) is 7.43. The maximum absolute atomic E-state index is 10.9. The Morgan fingerprint density at radius 1 is 1.31 bits per heavy atom. The fraction of sp³-hybridized carbons (Fsp3) is 0.769. The lowest BCUT2D eigenvalue weighted by Crippen LogP contribution is -2.20. The molecule has 1 N–H and O–H groups in total. The van der Waals surface area contributed by atoms with Crippen molar-refractivity contribution in [3.63, 3.8) is 0 Å². The minimum absolute atomic E-state index is 0.403. The number of esters is 1. The number of aliphatic hydroxyl groups excluding tert-OH is 1. The zero-order chi connectivity index (χ0) is 12.6. The Bertz CT molecular complexity index is 227. The van der Waals surface area contributed by atoms with Crippen LogP contribution in [0.15, 0.2) is 11.6 Å². The Morgan fingerprint density at radius 3 is 2.44 bits per heavy atom. The molecule has 0 aliphatic carbocycles. The summed E-state index contributed by atoms with van der Waals surface area (Å²) in [5.74, 6) is 0.00824. The molecule has 2 atom stereocenters. The predicted octanol–water partition coefficient (Wildman–Crippen LogP) is 2.68. The summed E-state index contributed by atoms with van der Waals surface area (Å²) < 4.78 is 4.90. The topological polar surface area (TPSA) is 46.5 Å². The zero-order valence-corrected chi connectivity index (χ0v) is 10.8. The van der Waals surface area contributed by atoms with Crippen LogP contribution in [-0.4, -0.2) is 23.8 Å². The molecule has 16 heavy (non-hydrogen) atoms. The second-order valence-electron chi connectivity index (χ2n) is 4.60. The lowest BCUT2D eigenvalue weighted by Gasteiger charge is -2.11. The summed E-state index contributed by atoms with van der Waals surface area (Å²) in [6.45, 7) is 8.15. The van der Waals surface area contributed by atoms with E-state index in [1.807, 2.05) is 0 Å². The minimum Gasteiger partial charge on any atom is -0.464 e. The maximum Gasteiger partial charge on any atom is 0.334 e. The second kappa shape index (κ2) is 8.34. The Hall–Kier alpha value is -0.830. The van der Waals surface area contributed by atoms with Gasteiger partial charge in [-0.3, -0.25) is 0 Å². The molecule has 0 rings (SSSR count). The lowest BCUT2D eigenvalue weighted by molar-refractivity contribution is -0.152.